The number of nitrogens with zero attached hydrogens (tertiary/aromatic N) is 3. The lowest BCUT2D eigenvalue weighted by Gasteiger charge is -2.09. The van der Waals surface area contributed by atoms with Gasteiger partial charge in [-0.15, -0.1) is 23.1 Å². The van der Waals surface area contributed by atoms with Crippen LogP contribution >= 0.6 is 23.1 Å². The second-order valence-corrected chi connectivity index (χ2v) is 8.94. The lowest BCUT2D eigenvalue weighted by Crippen LogP contribution is -1.95. The maximum Gasteiger partial charge on any atom is 0.219 e. The third-order valence-corrected chi connectivity index (χ3v) is 6.99. The number of anilines is 2. The Kier molecular flexibility index (Phi) is 5.64. The van der Waals surface area contributed by atoms with Gasteiger partial charge in [0.2, 0.25) is 5.95 Å². The van der Waals surface area contributed by atoms with Gasteiger partial charge in [0.25, 0.3) is 0 Å². The number of aromatic nitrogens is 3. The summed E-state index contributed by atoms with van der Waals surface area (Å²) in [6.45, 7) is 2.17. The lowest BCUT2D eigenvalue weighted by atomic mass is 10.0. The van der Waals surface area contributed by atoms with Crippen LogP contribution < -0.4 is 11.5 Å². The van der Waals surface area contributed by atoms with Crippen LogP contribution in [0.15, 0.2) is 46.9 Å². The van der Waals surface area contributed by atoms with Crippen LogP contribution in [0.3, 0.4) is 0 Å². The summed E-state index contributed by atoms with van der Waals surface area (Å²) in [5, 5.41) is 0.903. The third kappa shape index (κ3) is 4.04. The van der Waals surface area contributed by atoms with Gasteiger partial charge in [-0.25, -0.2) is 19.3 Å². The monoisotopic (exact) mass is 425 g/mol. The molecule has 0 spiro atoms. The molecule has 0 saturated carbocycles. The fourth-order valence-corrected chi connectivity index (χ4v) is 5.44. The first-order valence-electron chi connectivity index (χ1n) is 9.26. The highest BCUT2D eigenvalue weighted by Crippen LogP contribution is 2.45. The van der Waals surface area contributed by atoms with E-state index in [0.717, 1.165) is 61.1 Å². The SMILES string of the molecule is CCCCSc1sc2nc(-c3cnc(N)nc3)cc(-c3ccc(F)cc3)c2c1N. The van der Waals surface area contributed by atoms with Crippen molar-refractivity contribution in [2.45, 2.75) is 24.0 Å². The Morgan fingerprint density at radius 3 is 2.48 bits per heavy atom. The summed E-state index contributed by atoms with van der Waals surface area (Å²) >= 11 is 3.35. The number of hydrogen-bond donors (Lipinski definition) is 2. The summed E-state index contributed by atoms with van der Waals surface area (Å²) in [5.41, 5.74) is 16.2. The van der Waals surface area contributed by atoms with Crippen molar-refractivity contribution in [2.75, 3.05) is 17.2 Å². The number of rotatable bonds is 6. The molecule has 3 aromatic heterocycles. The smallest absolute Gasteiger partial charge is 0.219 e. The molecule has 8 heteroatoms. The molecule has 0 aliphatic carbocycles. The average molecular weight is 426 g/mol. The summed E-state index contributed by atoms with van der Waals surface area (Å²) in [6, 6.07) is 8.37. The van der Waals surface area contributed by atoms with Crippen LogP contribution in [0.25, 0.3) is 32.6 Å². The number of benzene rings is 1. The Morgan fingerprint density at radius 2 is 1.79 bits per heavy atom. The highest BCUT2D eigenvalue weighted by atomic mass is 32.2. The molecule has 0 saturated heterocycles. The van der Waals surface area contributed by atoms with E-state index < -0.39 is 0 Å². The molecule has 5 nitrogen and oxygen atoms in total. The zero-order chi connectivity index (χ0) is 20.4. The second-order valence-electron chi connectivity index (χ2n) is 6.58. The molecule has 0 aliphatic rings. The largest absolute Gasteiger partial charge is 0.397 e. The van der Waals surface area contributed by atoms with E-state index in [9.17, 15) is 4.39 Å². The second kappa shape index (κ2) is 8.34. The van der Waals surface area contributed by atoms with Crippen LogP contribution in [0.1, 0.15) is 19.8 Å². The van der Waals surface area contributed by atoms with Crippen LogP contribution in [0.4, 0.5) is 16.0 Å². The molecule has 0 radical (unpaired) electrons. The third-order valence-electron chi connectivity index (χ3n) is 4.52. The van der Waals surface area contributed by atoms with E-state index in [1.165, 1.54) is 12.1 Å². The van der Waals surface area contributed by atoms with Crippen molar-refractivity contribution in [1.82, 2.24) is 15.0 Å². The maximum absolute atomic E-state index is 13.5. The first kappa shape index (κ1) is 19.6. The molecule has 4 N–H and O–H groups in total. The Labute approximate surface area is 176 Å². The van der Waals surface area contributed by atoms with Crippen LogP contribution in [0.2, 0.25) is 0 Å². The number of pyridine rings is 1. The first-order chi connectivity index (χ1) is 14.1. The van der Waals surface area contributed by atoms with Crippen LogP contribution in [0, 0.1) is 5.82 Å². The summed E-state index contributed by atoms with van der Waals surface area (Å²) in [6.07, 6.45) is 5.57. The fraction of sp³-hybridized carbons (Fsp3) is 0.190. The molecule has 1 aromatic carbocycles. The standard InChI is InChI=1S/C21H20FN5S2/c1-2-3-8-28-20-18(23)17-15(12-4-6-14(22)7-5-12)9-16(27-19(17)29-20)13-10-25-21(24)26-11-13/h4-7,9-11H,2-3,8,23H2,1H3,(H2,24,25,26). The van der Waals surface area contributed by atoms with E-state index >= 15 is 0 Å². The van der Waals surface area contributed by atoms with Gasteiger partial charge in [-0.1, -0.05) is 25.5 Å². The molecule has 0 bridgehead atoms. The molecule has 29 heavy (non-hydrogen) atoms. The summed E-state index contributed by atoms with van der Waals surface area (Å²) < 4.78 is 14.6. The Morgan fingerprint density at radius 1 is 1.07 bits per heavy atom. The fourth-order valence-electron chi connectivity index (χ4n) is 2.99. The van der Waals surface area contributed by atoms with Crippen LogP contribution in [-0.2, 0) is 0 Å². The normalized spacial score (nSPS) is 11.2. The Bertz CT molecular complexity index is 1140. The number of hydrogen-bond acceptors (Lipinski definition) is 7. The predicted octanol–water partition coefficient (Wildman–Crippen LogP) is 5.62. The molecule has 148 valence electrons. The highest BCUT2D eigenvalue weighted by Gasteiger charge is 2.18. The highest BCUT2D eigenvalue weighted by molar-refractivity contribution is 8.01. The van der Waals surface area contributed by atoms with Crippen molar-refractivity contribution in [3.8, 4) is 22.4 Å². The number of thiophene rings is 1. The van der Waals surface area contributed by atoms with Gasteiger partial charge >= 0.3 is 0 Å². The van der Waals surface area contributed by atoms with Crippen LogP contribution in [0.5, 0.6) is 0 Å². The number of fused-ring (bicyclic) bond motifs is 1. The number of nitrogen functional groups attached to an aromatic ring is 2. The van der Waals surface area contributed by atoms with Gasteiger partial charge in [-0.2, -0.15) is 0 Å². The van der Waals surface area contributed by atoms with Gasteiger partial charge in [0, 0.05) is 23.3 Å². The summed E-state index contributed by atoms with van der Waals surface area (Å²) in [5.74, 6) is 0.946. The van der Waals surface area contributed by atoms with Gasteiger partial charge in [-0.05, 0) is 41.5 Å². The molecule has 0 fully saturated rings. The minimum absolute atomic E-state index is 0.212. The summed E-state index contributed by atoms with van der Waals surface area (Å²) in [4.78, 5) is 13.8. The van der Waals surface area contributed by atoms with E-state index in [-0.39, 0.29) is 11.8 Å². The molecule has 4 rings (SSSR count). The molecule has 3 heterocycles. The van der Waals surface area contributed by atoms with Crippen molar-refractivity contribution < 1.29 is 4.39 Å². The molecule has 0 unspecified atom stereocenters. The number of thioether (sulfide) groups is 1. The van der Waals surface area contributed by atoms with Gasteiger partial charge in [-0.3, -0.25) is 0 Å². The minimum atomic E-state index is -0.277. The molecule has 0 amide bonds. The van der Waals surface area contributed by atoms with Crippen molar-refractivity contribution in [2.24, 2.45) is 0 Å². The maximum atomic E-state index is 13.5. The number of halogens is 1. The molecule has 4 aromatic rings. The Balaban J connectivity index is 1.90. The molecule has 0 aliphatic heterocycles. The Hall–Kier alpha value is -2.71. The predicted molar refractivity (Wildman–Crippen MR) is 120 cm³/mol. The zero-order valence-corrected chi connectivity index (χ0v) is 17.5. The van der Waals surface area contributed by atoms with E-state index in [4.69, 9.17) is 16.5 Å². The van der Waals surface area contributed by atoms with Gasteiger partial charge in [0.15, 0.2) is 0 Å². The van der Waals surface area contributed by atoms with E-state index in [1.54, 1.807) is 47.6 Å². The van der Waals surface area contributed by atoms with Gasteiger partial charge < -0.3 is 11.5 Å². The topological polar surface area (TPSA) is 90.7 Å². The number of unbranched alkanes of at least 4 members (excludes halogenated alkanes) is 1. The van der Waals surface area contributed by atoms with E-state index in [0.29, 0.717) is 0 Å². The van der Waals surface area contributed by atoms with Gasteiger partial charge in [0.05, 0.1) is 15.6 Å². The quantitative estimate of drug-likeness (QED) is 0.308. The van der Waals surface area contributed by atoms with Crippen molar-refractivity contribution >= 4 is 45.0 Å². The molecule has 0 atom stereocenters. The zero-order valence-electron chi connectivity index (χ0n) is 15.9. The molecular formula is C21H20FN5S2. The lowest BCUT2D eigenvalue weighted by molar-refractivity contribution is 0.628. The van der Waals surface area contributed by atoms with Crippen molar-refractivity contribution in [1.29, 1.82) is 0 Å². The van der Waals surface area contributed by atoms with E-state index in [1.807, 2.05) is 6.07 Å². The van der Waals surface area contributed by atoms with Crippen molar-refractivity contribution in [3.63, 3.8) is 0 Å². The van der Waals surface area contributed by atoms with E-state index in [2.05, 4.69) is 16.9 Å². The van der Waals surface area contributed by atoms with Crippen LogP contribution in [-0.4, -0.2) is 20.7 Å². The van der Waals surface area contributed by atoms with Gasteiger partial charge in [0.1, 0.15) is 10.6 Å². The summed E-state index contributed by atoms with van der Waals surface area (Å²) in [7, 11) is 0. The van der Waals surface area contributed by atoms with Crippen molar-refractivity contribution in [3.05, 3.63) is 48.5 Å². The first-order valence-corrected chi connectivity index (χ1v) is 11.1. The average Bonchev–Trinajstić information content (AvgIpc) is 3.04. The minimum Gasteiger partial charge on any atom is -0.397 e. The number of nitrogens with two attached hydrogens (primary N) is 2. The molecular weight excluding hydrogens is 405 g/mol.